The SMILES string of the molecule is CC(=O)C=CC(=O)Nc1cc2c(C3CNc4cc(Cl)ccc43)ncnc2cn1. The van der Waals surface area contributed by atoms with E-state index in [1.54, 1.807) is 12.3 Å². The number of hydrogen-bond donors (Lipinski definition) is 2. The molecule has 0 saturated heterocycles. The molecule has 4 rings (SSSR count). The van der Waals surface area contributed by atoms with Gasteiger partial charge < -0.3 is 10.6 Å². The number of carbonyl (C=O) groups is 2. The molecule has 1 aliphatic rings. The largest absolute Gasteiger partial charge is 0.384 e. The molecule has 1 aliphatic heterocycles. The molecule has 140 valence electrons. The van der Waals surface area contributed by atoms with E-state index in [4.69, 9.17) is 11.6 Å². The van der Waals surface area contributed by atoms with Gasteiger partial charge >= 0.3 is 0 Å². The van der Waals surface area contributed by atoms with Crippen molar-refractivity contribution in [3.63, 3.8) is 0 Å². The highest BCUT2D eigenvalue weighted by atomic mass is 35.5. The number of benzene rings is 1. The number of ketones is 1. The second-order valence-corrected chi connectivity index (χ2v) is 6.88. The van der Waals surface area contributed by atoms with Gasteiger partial charge in [-0.15, -0.1) is 0 Å². The van der Waals surface area contributed by atoms with Gasteiger partial charge in [-0.2, -0.15) is 0 Å². The second kappa shape index (κ2) is 7.36. The highest BCUT2D eigenvalue weighted by Crippen LogP contribution is 2.38. The van der Waals surface area contributed by atoms with Crippen LogP contribution in [0.1, 0.15) is 24.1 Å². The highest BCUT2D eigenvalue weighted by molar-refractivity contribution is 6.30. The van der Waals surface area contributed by atoms with Crippen LogP contribution < -0.4 is 10.6 Å². The molecule has 0 bridgehead atoms. The van der Waals surface area contributed by atoms with Crippen molar-refractivity contribution < 1.29 is 9.59 Å². The van der Waals surface area contributed by atoms with Gasteiger partial charge in [0.25, 0.3) is 0 Å². The van der Waals surface area contributed by atoms with E-state index in [0.29, 0.717) is 22.9 Å². The summed E-state index contributed by atoms with van der Waals surface area (Å²) in [5, 5.41) is 7.49. The quantitative estimate of drug-likeness (QED) is 0.660. The van der Waals surface area contributed by atoms with Gasteiger partial charge in [0.1, 0.15) is 12.1 Å². The van der Waals surface area contributed by atoms with Gasteiger partial charge in [0, 0.05) is 34.6 Å². The van der Waals surface area contributed by atoms with E-state index in [2.05, 4.69) is 25.6 Å². The first-order valence-electron chi connectivity index (χ1n) is 8.65. The first-order chi connectivity index (χ1) is 13.5. The Hall–Kier alpha value is -3.32. The fraction of sp³-hybridized carbons (Fsp3) is 0.150. The third kappa shape index (κ3) is 3.57. The number of rotatable bonds is 4. The summed E-state index contributed by atoms with van der Waals surface area (Å²) in [7, 11) is 0. The van der Waals surface area contributed by atoms with Crippen LogP contribution in [0.2, 0.25) is 5.02 Å². The number of anilines is 2. The lowest BCUT2D eigenvalue weighted by molar-refractivity contribution is -0.114. The minimum atomic E-state index is -0.428. The van der Waals surface area contributed by atoms with E-state index in [1.165, 1.54) is 25.4 Å². The van der Waals surface area contributed by atoms with E-state index in [9.17, 15) is 9.59 Å². The zero-order chi connectivity index (χ0) is 19.7. The molecular formula is C20H16ClN5O2. The number of amides is 1. The Bertz CT molecular complexity index is 1130. The lowest BCUT2D eigenvalue weighted by Gasteiger charge is -2.13. The van der Waals surface area contributed by atoms with Crippen LogP contribution in [-0.2, 0) is 9.59 Å². The molecule has 8 heteroatoms. The predicted octanol–water partition coefficient (Wildman–Crippen LogP) is 3.32. The van der Waals surface area contributed by atoms with Crippen LogP contribution >= 0.6 is 11.6 Å². The van der Waals surface area contributed by atoms with Crippen LogP contribution in [0.5, 0.6) is 0 Å². The molecule has 2 aromatic heterocycles. The zero-order valence-electron chi connectivity index (χ0n) is 14.9. The van der Waals surface area contributed by atoms with Gasteiger partial charge in [0.15, 0.2) is 5.78 Å². The molecule has 3 heterocycles. The summed E-state index contributed by atoms with van der Waals surface area (Å²) in [5.74, 6) is -0.238. The van der Waals surface area contributed by atoms with Crippen molar-refractivity contribution in [2.24, 2.45) is 0 Å². The van der Waals surface area contributed by atoms with E-state index in [0.717, 1.165) is 22.3 Å². The average molecular weight is 394 g/mol. The Balaban J connectivity index is 1.71. The number of nitrogens with one attached hydrogen (secondary N) is 2. The molecule has 2 N–H and O–H groups in total. The molecule has 1 amide bonds. The van der Waals surface area contributed by atoms with Crippen LogP contribution in [0.3, 0.4) is 0 Å². The number of hydrogen-bond acceptors (Lipinski definition) is 6. The Labute approximate surface area is 165 Å². The number of halogens is 1. The molecular weight excluding hydrogens is 378 g/mol. The summed E-state index contributed by atoms with van der Waals surface area (Å²) in [6, 6.07) is 7.50. The molecule has 1 unspecified atom stereocenters. The zero-order valence-corrected chi connectivity index (χ0v) is 15.7. The lowest BCUT2D eigenvalue weighted by atomic mass is 9.95. The van der Waals surface area contributed by atoms with Crippen molar-refractivity contribution in [2.75, 3.05) is 17.2 Å². The van der Waals surface area contributed by atoms with Crippen LogP contribution in [0, 0.1) is 0 Å². The smallest absolute Gasteiger partial charge is 0.249 e. The van der Waals surface area contributed by atoms with Crippen molar-refractivity contribution in [1.82, 2.24) is 15.0 Å². The molecule has 0 saturated carbocycles. The molecule has 28 heavy (non-hydrogen) atoms. The molecule has 3 aromatic rings. The van der Waals surface area contributed by atoms with Crippen LogP contribution in [0.15, 0.2) is 48.9 Å². The third-order valence-electron chi connectivity index (χ3n) is 4.49. The molecule has 1 aromatic carbocycles. The Morgan fingerprint density at radius 1 is 1.21 bits per heavy atom. The Morgan fingerprint density at radius 2 is 2.07 bits per heavy atom. The second-order valence-electron chi connectivity index (χ2n) is 6.44. The first kappa shape index (κ1) is 18.1. The Morgan fingerprint density at radius 3 is 2.89 bits per heavy atom. The highest BCUT2D eigenvalue weighted by Gasteiger charge is 2.27. The summed E-state index contributed by atoms with van der Waals surface area (Å²) < 4.78 is 0. The topological polar surface area (TPSA) is 96.9 Å². The molecule has 0 radical (unpaired) electrons. The van der Waals surface area contributed by atoms with Gasteiger partial charge in [-0.3, -0.25) is 9.59 Å². The lowest BCUT2D eigenvalue weighted by Crippen LogP contribution is -2.11. The third-order valence-corrected chi connectivity index (χ3v) is 4.73. The molecule has 0 aliphatic carbocycles. The van der Waals surface area contributed by atoms with Crippen molar-refractivity contribution >= 4 is 45.7 Å². The van der Waals surface area contributed by atoms with E-state index in [-0.39, 0.29) is 11.7 Å². The maximum absolute atomic E-state index is 11.9. The number of carbonyl (C=O) groups excluding carboxylic acids is 2. The van der Waals surface area contributed by atoms with Gasteiger partial charge in [-0.25, -0.2) is 15.0 Å². The molecule has 1 atom stereocenters. The minimum absolute atomic E-state index is 0.0290. The minimum Gasteiger partial charge on any atom is -0.384 e. The Kier molecular flexibility index (Phi) is 4.75. The number of pyridine rings is 1. The summed E-state index contributed by atoms with van der Waals surface area (Å²) in [6.45, 7) is 2.06. The first-order valence-corrected chi connectivity index (χ1v) is 9.02. The summed E-state index contributed by atoms with van der Waals surface area (Å²) in [4.78, 5) is 35.9. The molecule has 0 fully saturated rings. The number of allylic oxidation sites excluding steroid dienone is 1. The maximum Gasteiger partial charge on any atom is 0.249 e. The van der Waals surface area contributed by atoms with Crippen LogP contribution in [0.25, 0.3) is 10.9 Å². The monoisotopic (exact) mass is 393 g/mol. The summed E-state index contributed by atoms with van der Waals surface area (Å²) >= 11 is 6.09. The van der Waals surface area contributed by atoms with Crippen molar-refractivity contribution in [3.8, 4) is 0 Å². The van der Waals surface area contributed by atoms with Crippen molar-refractivity contribution in [1.29, 1.82) is 0 Å². The normalized spacial score (nSPS) is 15.4. The summed E-state index contributed by atoms with van der Waals surface area (Å²) in [6.07, 6.45) is 5.49. The van der Waals surface area contributed by atoms with E-state index >= 15 is 0 Å². The predicted molar refractivity (Wildman–Crippen MR) is 108 cm³/mol. The maximum atomic E-state index is 11.9. The summed E-state index contributed by atoms with van der Waals surface area (Å²) in [5.41, 5.74) is 3.62. The number of fused-ring (bicyclic) bond motifs is 2. The number of aromatic nitrogens is 3. The van der Waals surface area contributed by atoms with E-state index < -0.39 is 5.91 Å². The van der Waals surface area contributed by atoms with Gasteiger partial charge in [-0.1, -0.05) is 17.7 Å². The van der Waals surface area contributed by atoms with Gasteiger partial charge in [0.05, 0.1) is 17.4 Å². The number of nitrogens with zero attached hydrogens (tertiary/aromatic N) is 3. The van der Waals surface area contributed by atoms with Crippen LogP contribution in [0.4, 0.5) is 11.5 Å². The molecule has 7 nitrogen and oxygen atoms in total. The van der Waals surface area contributed by atoms with Crippen molar-refractivity contribution in [3.05, 3.63) is 65.2 Å². The fourth-order valence-corrected chi connectivity index (χ4v) is 3.41. The van der Waals surface area contributed by atoms with Gasteiger partial charge in [-0.05, 0) is 36.8 Å². The average Bonchev–Trinajstić information content (AvgIpc) is 3.08. The standard InChI is InChI=1S/C20H16ClN5O2/c1-11(27)2-5-19(28)26-18-7-14-17(9-23-18)24-10-25-20(14)15-8-22-16-6-12(21)3-4-13(15)16/h2-7,9-10,15,22H,8H2,1H3,(H,23,26,28). The van der Waals surface area contributed by atoms with Gasteiger partial charge in [0.2, 0.25) is 5.91 Å². The van der Waals surface area contributed by atoms with Crippen molar-refractivity contribution in [2.45, 2.75) is 12.8 Å². The molecule has 0 spiro atoms. The fourth-order valence-electron chi connectivity index (χ4n) is 3.24. The van der Waals surface area contributed by atoms with E-state index in [1.807, 2.05) is 18.2 Å². The van der Waals surface area contributed by atoms with Crippen LogP contribution in [-0.4, -0.2) is 33.2 Å².